The number of carbonyl (C=O) groups is 5. The largest absolute Gasteiger partial charge is 0.497 e. The third-order valence-electron chi connectivity index (χ3n) is 13.4. The van der Waals surface area contributed by atoms with Gasteiger partial charge in [0.05, 0.1) is 35.4 Å². The molecule has 2 aromatic rings. The van der Waals surface area contributed by atoms with Crippen LogP contribution in [0.4, 0.5) is 22.4 Å². The molecule has 4 fully saturated rings. The molecule has 3 N–H and O–H groups in total. The van der Waals surface area contributed by atoms with Gasteiger partial charge in [0.1, 0.15) is 35.6 Å². The number of nitrogens with zero attached hydrogens (tertiary/aromatic N) is 4. The monoisotopic (exact) mass is 955 g/mol. The molecule has 5 aliphatic rings. The van der Waals surface area contributed by atoms with E-state index in [2.05, 4.69) is 20.6 Å². The van der Waals surface area contributed by atoms with Crippen LogP contribution in [-0.2, 0) is 39.9 Å². The molecule has 1 aromatic carbocycles. The molecule has 22 heteroatoms. The maximum Gasteiger partial charge on any atom is 0.408 e. The molecule has 3 heterocycles. The van der Waals surface area contributed by atoms with Crippen molar-refractivity contribution in [2.75, 3.05) is 27.7 Å². The summed E-state index contributed by atoms with van der Waals surface area (Å²) in [5.41, 5.74) is -3.83. The fourth-order valence-electron chi connectivity index (χ4n) is 8.43. The SMILES string of the molecule is CC(=O)N(C)C.CC[C@@H]1[C@@H]2CN(C(=O)[C@H](C(C)(C)C)NC(=O)O[C@@H]3C[C@H]3CCCCC(F)(F)c3nc4ccc(OC)cc4nc3O2)[C@@H]1C(=O)N[C@]1(C(=O)NS(=O)(=O)C2(C)CC2)C[C@H]1C(F)F. The van der Waals surface area contributed by atoms with Gasteiger partial charge in [-0.15, -0.1) is 0 Å². The Hall–Kier alpha value is -5.02. The lowest BCUT2D eigenvalue weighted by Crippen LogP contribution is -2.61. The first-order chi connectivity index (χ1) is 30.7. The number of nitrogens with one attached hydrogen (secondary N) is 3. The molecule has 7 rings (SSSR count). The van der Waals surface area contributed by atoms with Gasteiger partial charge in [0.15, 0.2) is 5.69 Å². The van der Waals surface area contributed by atoms with Crippen molar-refractivity contribution in [2.45, 2.75) is 146 Å². The summed E-state index contributed by atoms with van der Waals surface area (Å²) in [6.45, 7) is 9.15. The van der Waals surface area contributed by atoms with Crippen molar-refractivity contribution in [1.29, 1.82) is 0 Å². The number of amides is 5. The normalized spacial score (nSPS) is 29.2. The summed E-state index contributed by atoms with van der Waals surface area (Å²) in [4.78, 5) is 77.9. The number of hydrogen-bond acceptors (Lipinski definition) is 12. The summed E-state index contributed by atoms with van der Waals surface area (Å²) in [5, 5.41) is 5.06. The maximum atomic E-state index is 16.3. The highest BCUT2D eigenvalue weighted by molar-refractivity contribution is 7.91. The number of benzene rings is 1. The maximum absolute atomic E-state index is 16.3. The zero-order chi connectivity index (χ0) is 48.9. The molecule has 2 aliphatic heterocycles. The van der Waals surface area contributed by atoms with E-state index in [1.807, 2.05) is 4.72 Å². The van der Waals surface area contributed by atoms with E-state index in [9.17, 15) is 41.2 Å². The van der Waals surface area contributed by atoms with E-state index >= 15 is 8.78 Å². The fraction of sp³-hybridized carbons (Fsp3) is 0.705. The first-order valence-corrected chi connectivity index (χ1v) is 23.7. The van der Waals surface area contributed by atoms with E-state index in [0.29, 0.717) is 25.0 Å². The smallest absolute Gasteiger partial charge is 0.408 e. The van der Waals surface area contributed by atoms with E-state index in [4.69, 9.17) is 14.2 Å². The zero-order valence-electron chi connectivity index (χ0n) is 38.7. The number of sulfonamides is 1. The molecular formula is C44H61F4N7O10S. The number of fused-ring (bicyclic) bond motifs is 5. The molecule has 3 aliphatic carbocycles. The molecule has 66 heavy (non-hydrogen) atoms. The number of rotatable bonds is 8. The lowest BCUT2D eigenvalue weighted by Gasteiger charge is -2.36. The average molecular weight is 956 g/mol. The Bertz CT molecular complexity index is 2330. The van der Waals surface area contributed by atoms with Crippen LogP contribution >= 0.6 is 0 Å². The molecule has 3 saturated carbocycles. The van der Waals surface area contributed by atoms with Crippen molar-refractivity contribution >= 4 is 50.8 Å². The first-order valence-electron chi connectivity index (χ1n) is 22.2. The number of alkyl halides is 4. The van der Waals surface area contributed by atoms with Crippen LogP contribution < -0.4 is 24.8 Å². The van der Waals surface area contributed by atoms with Crippen LogP contribution in [0.1, 0.15) is 105 Å². The highest BCUT2D eigenvalue weighted by atomic mass is 32.2. The second-order valence-electron chi connectivity index (χ2n) is 19.6. The molecular weight excluding hydrogens is 895 g/mol. The van der Waals surface area contributed by atoms with Gasteiger partial charge in [-0.05, 0) is 75.3 Å². The Kier molecular flexibility index (Phi) is 14.2. The molecule has 0 spiro atoms. The van der Waals surface area contributed by atoms with Crippen LogP contribution in [0.25, 0.3) is 11.0 Å². The average Bonchev–Trinajstić information content (AvgIpc) is 4.19. The third kappa shape index (κ3) is 10.6. The molecule has 2 bridgehead atoms. The van der Waals surface area contributed by atoms with Crippen molar-refractivity contribution in [1.82, 2.24) is 35.1 Å². The lowest BCUT2D eigenvalue weighted by atomic mass is 9.85. The molecule has 8 atom stereocenters. The highest BCUT2D eigenvalue weighted by Crippen LogP contribution is 2.50. The molecule has 1 saturated heterocycles. The summed E-state index contributed by atoms with van der Waals surface area (Å²) in [5.74, 6) is -9.75. The van der Waals surface area contributed by atoms with Gasteiger partial charge in [-0.25, -0.2) is 32.0 Å². The third-order valence-corrected chi connectivity index (χ3v) is 15.6. The zero-order valence-corrected chi connectivity index (χ0v) is 39.5. The van der Waals surface area contributed by atoms with Gasteiger partial charge in [-0.1, -0.05) is 34.1 Å². The van der Waals surface area contributed by atoms with E-state index < -0.39 is 129 Å². The number of alkyl carbamates (subject to hydrolysis) is 1. The second-order valence-corrected chi connectivity index (χ2v) is 21.8. The van der Waals surface area contributed by atoms with Crippen molar-refractivity contribution < 1.29 is 64.2 Å². The van der Waals surface area contributed by atoms with Gasteiger partial charge in [-0.3, -0.25) is 23.9 Å². The van der Waals surface area contributed by atoms with Crippen molar-refractivity contribution in [2.24, 2.45) is 23.2 Å². The Morgan fingerprint density at radius 1 is 1.05 bits per heavy atom. The van der Waals surface area contributed by atoms with Gasteiger partial charge >= 0.3 is 6.09 Å². The summed E-state index contributed by atoms with van der Waals surface area (Å²) in [7, 11) is 0.555. The van der Waals surface area contributed by atoms with Gasteiger partial charge in [0.2, 0.25) is 40.1 Å². The minimum Gasteiger partial charge on any atom is -0.497 e. The minimum absolute atomic E-state index is 0.0516. The Labute approximate surface area is 381 Å². The van der Waals surface area contributed by atoms with Crippen LogP contribution in [0.15, 0.2) is 18.2 Å². The lowest BCUT2D eigenvalue weighted by molar-refractivity contribution is -0.144. The predicted octanol–water partition coefficient (Wildman–Crippen LogP) is 5.05. The summed E-state index contributed by atoms with van der Waals surface area (Å²) < 4.78 is 105. The molecule has 0 radical (unpaired) electrons. The van der Waals surface area contributed by atoms with Crippen LogP contribution in [0.2, 0.25) is 0 Å². The number of ether oxygens (including phenoxy) is 3. The molecule has 366 valence electrons. The van der Waals surface area contributed by atoms with Crippen LogP contribution in [0.3, 0.4) is 0 Å². The number of aromatic nitrogens is 2. The van der Waals surface area contributed by atoms with Gasteiger partial charge in [0.25, 0.3) is 11.8 Å². The first kappa shape index (κ1) is 50.4. The van der Waals surface area contributed by atoms with Crippen molar-refractivity contribution in [3.05, 3.63) is 23.9 Å². The van der Waals surface area contributed by atoms with Crippen LogP contribution in [-0.4, -0.2) is 127 Å². The topological polar surface area (TPSA) is 216 Å². The van der Waals surface area contributed by atoms with E-state index in [1.165, 1.54) is 38.0 Å². The molecule has 1 aromatic heterocycles. The van der Waals surface area contributed by atoms with Gasteiger partial charge < -0.3 is 34.6 Å². The minimum atomic E-state index is -4.31. The van der Waals surface area contributed by atoms with E-state index in [1.54, 1.807) is 47.9 Å². The summed E-state index contributed by atoms with van der Waals surface area (Å²) >= 11 is 0. The number of halogens is 4. The second kappa shape index (κ2) is 18.6. The van der Waals surface area contributed by atoms with Crippen molar-refractivity contribution in [3.63, 3.8) is 0 Å². The van der Waals surface area contributed by atoms with E-state index in [0.717, 1.165) is 4.90 Å². The van der Waals surface area contributed by atoms with Crippen molar-refractivity contribution in [3.8, 4) is 11.6 Å². The predicted molar refractivity (Wildman–Crippen MR) is 231 cm³/mol. The Balaban J connectivity index is 0.00000112. The quantitative estimate of drug-likeness (QED) is 0.297. The highest BCUT2D eigenvalue weighted by Gasteiger charge is 2.68. The Morgan fingerprint density at radius 3 is 2.27 bits per heavy atom. The standard InChI is InChI=1S/C40H52F4N6O9S.C4H9NO/c1-7-22-27-19-50(28(22)32(51)48-39(18-23(39)31(41)42)35(53)49-60(55,56)38(5)14-15-38)34(52)30(37(2,3)4)47-36(54)59-26-16-20(26)10-8-9-13-40(43,44)29-33(58-27)46-25-17-21(57-6)11-12-24(25)45-29;1-4(6)5(2)3/h11-12,17,20,22-23,26-28,30-31H,7-10,13-16,18-19H2,1-6H3,(H,47,54)(H,48,51)(H,49,53);1-3H3/t20-,22-,23+,26-,27+,28+,30-,39-;/m1./s1. The van der Waals surface area contributed by atoms with Crippen LogP contribution in [0.5, 0.6) is 11.6 Å². The summed E-state index contributed by atoms with van der Waals surface area (Å²) in [6, 6.07) is 1.59. The fourth-order valence-corrected chi connectivity index (χ4v) is 9.74. The number of hydrogen-bond donors (Lipinski definition) is 3. The van der Waals surface area contributed by atoms with Gasteiger partial charge in [-0.2, -0.15) is 8.78 Å². The van der Waals surface area contributed by atoms with Crippen LogP contribution in [0, 0.1) is 23.2 Å². The Morgan fingerprint density at radius 2 is 1.71 bits per heavy atom. The number of carbonyl (C=O) groups excluding carboxylic acids is 5. The molecule has 0 unspecified atom stereocenters. The van der Waals surface area contributed by atoms with Gasteiger partial charge in [0, 0.05) is 39.4 Å². The molecule has 5 amide bonds. The summed E-state index contributed by atoms with van der Waals surface area (Å²) in [6.07, 6.45) is -4.91. The van der Waals surface area contributed by atoms with E-state index in [-0.39, 0.29) is 48.5 Å². The molecule has 17 nitrogen and oxygen atoms in total. The number of methoxy groups -OCH3 is 1.